The normalized spacial score (nSPS) is 10.0. The minimum atomic E-state index is -0.672. The molecule has 0 amide bonds. The summed E-state index contributed by atoms with van der Waals surface area (Å²) in [5, 5.41) is 0. The summed E-state index contributed by atoms with van der Waals surface area (Å²) < 4.78 is 19.9. The fourth-order valence-electron chi connectivity index (χ4n) is 2.53. The van der Waals surface area contributed by atoms with Gasteiger partial charge in [-0.05, 0) is 49.2 Å². The summed E-state index contributed by atoms with van der Waals surface area (Å²) >= 11 is 0. The lowest BCUT2D eigenvalue weighted by atomic mass is 10.0. The van der Waals surface area contributed by atoms with Gasteiger partial charge in [-0.3, -0.25) is 0 Å². The summed E-state index contributed by atoms with van der Waals surface area (Å²) in [5.41, 5.74) is 2.14. The quantitative estimate of drug-likeness (QED) is 0.185. The van der Waals surface area contributed by atoms with Crippen molar-refractivity contribution >= 4 is 23.9 Å². The van der Waals surface area contributed by atoms with E-state index in [1.165, 1.54) is 33.1 Å². The molecule has 8 heteroatoms. The Bertz CT molecular complexity index is 1100. The first-order chi connectivity index (χ1) is 15.6. The molecule has 33 heavy (non-hydrogen) atoms. The lowest BCUT2D eigenvalue weighted by molar-refractivity contribution is -0.140. The first-order valence-electron chi connectivity index (χ1n) is 9.84. The van der Waals surface area contributed by atoms with Crippen molar-refractivity contribution < 1.29 is 38.1 Å². The molecule has 0 aliphatic carbocycles. The van der Waals surface area contributed by atoms with Gasteiger partial charge in [-0.25, -0.2) is 19.2 Å². The highest BCUT2D eigenvalue weighted by Crippen LogP contribution is 2.28. The number of carbonyl (C=O) groups is 4. The molecule has 0 saturated heterocycles. The maximum absolute atomic E-state index is 12.2. The van der Waals surface area contributed by atoms with Crippen molar-refractivity contribution in [2.45, 2.75) is 13.8 Å². The van der Waals surface area contributed by atoms with E-state index in [0.717, 1.165) is 0 Å². The molecule has 0 spiro atoms. The lowest BCUT2D eigenvalue weighted by Crippen LogP contribution is -2.14. The standard InChI is InChI=1S/C25H24O8/c1-15(2)22(26)31-12-13-32-24(28)18-8-6-17(7-9-18)19-10-11-21(33-23(27)16(3)4)20(14-19)25(29)30-5/h6-11,14H,1,3,12-13H2,2,4-5H3. The molecule has 2 aromatic rings. The van der Waals surface area contributed by atoms with Crippen LogP contribution in [0.5, 0.6) is 5.75 Å². The van der Waals surface area contributed by atoms with Crippen LogP contribution in [-0.4, -0.2) is 44.2 Å². The molecule has 0 heterocycles. The van der Waals surface area contributed by atoms with Crippen LogP contribution in [0.3, 0.4) is 0 Å². The van der Waals surface area contributed by atoms with E-state index in [9.17, 15) is 19.2 Å². The third kappa shape index (κ3) is 6.90. The van der Waals surface area contributed by atoms with Crippen molar-refractivity contribution in [1.82, 2.24) is 0 Å². The van der Waals surface area contributed by atoms with Crippen LogP contribution in [0.15, 0.2) is 66.8 Å². The largest absolute Gasteiger partial charge is 0.465 e. The molecule has 0 fully saturated rings. The second kappa shape index (κ2) is 11.4. The molecular formula is C25H24O8. The van der Waals surface area contributed by atoms with Crippen LogP contribution in [0.2, 0.25) is 0 Å². The Balaban J connectivity index is 2.13. The van der Waals surface area contributed by atoms with Gasteiger partial charge in [0.25, 0.3) is 0 Å². The van der Waals surface area contributed by atoms with Crippen LogP contribution in [-0.2, 0) is 23.8 Å². The smallest absolute Gasteiger partial charge is 0.341 e. The lowest BCUT2D eigenvalue weighted by Gasteiger charge is -2.11. The monoisotopic (exact) mass is 452 g/mol. The molecule has 0 N–H and O–H groups in total. The maximum atomic E-state index is 12.2. The van der Waals surface area contributed by atoms with Crippen LogP contribution < -0.4 is 4.74 Å². The Kier molecular flexibility index (Phi) is 8.68. The van der Waals surface area contributed by atoms with E-state index in [2.05, 4.69) is 13.2 Å². The van der Waals surface area contributed by atoms with E-state index in [0.29, 0.717) is 16.7 Å². The molecule has 0 aliphatic heterocycles. The van der Waals surface area contributed by atoms with E-state index >= 15 is 0 Å². The van der Waals surface area contributed by atoms with Gasteiger partial charge in [0, 0.05) is 11.1 Å². The second-order valence-corrected chi connectivity index (χ2v) is 7.00. The van der Waals surface area contributed by atoms with E-state index in [1.807, 2.05) is 0 Å². The number of rotatable bonds is 9. The Morgan fingerprint density at radius 1 is 0.758 bits per heavy atom. The van der Waals surface area contributed by atoms with Crippen molar-refractivity contribution in [1.29, 1.82) is 0 Å². The summed E-state index contributed by atoms with van der Waals surface area (Å²) in [6.07, 6.45) is 0. The predicted octanol–water partition coefficient (Wildman–Crippen LogP) is 3.90. The van der Waals surface area contributed by atoms with E-state index in [4.69, 9.17) is 18.9 Å². The van der Waals surface area contributed by atoms with Crippen molar-refractivity contribution in [3.05, 3.63) is 77.9 Å². The molecular weight excluding hydrogens is 428 g/mol. The van der Waals surface area contributed by atoms with Crippen molar-refractivity contribution in [3.8, 4) is 16.9 Å². The summed E-state index contributed by atoms with van der Waals surface area (Å²) in [7, 11) is 1.22. The van der Waals surface area contributed by atoms with Gasteiger partial charge >= 0.3 is 23.9 Å². The number of carbonyl (C=O) groups excluding carboxylic acids is 4. The maximum Gasteiger partial charge on any atom is 0.341 e. The van der Waals surface area contributed by atoms with Gasteiger partial charge in [0.2, 0.25) is 0 Å². The number of hydrogen-bond donors (Lipinski definition) is 0. The number of methoxy groups -OCH3 is 1. The molecule has 0 aromatic heterocycles. The Labute approximate surface area is 191 Å². The highest BCUT2D eigenvalue weighted by molar-refractivity contribution is 5.97. The third-order valence-corrected chi connectivity index (χ3v) is 4.29. The fraction of sp³-hybridized carbons (Fsp3) is 0.200. The molecule has 0 atom stereocenters. The molecule has 0 radical (unpaired) electrons. The third-order valence-electron chi connectivity index (χ3n) is 4.29. The fourth-order valence-corrected chi connectivity index (χ4v) is 2.53. The first-order valence-corrected chi connectivity index (χ1v) is 9.84. The minimum Gasteiger partial charge on any atom is -0.465 e. The van der Waals surface area contributed by atoms with Gasteiger partial charge in [0.1, 0.15) is 24.5 Å². The Morgan fingerprint density at radius 2 is 1.33 bits per heavy atom. The summed E-state index contributed by atoms with van der Waals surface area (Å²) in [4.78, 5) is 47.5. The van der Waals surface area contributed by atoms with Gasteiger partial charge in [-0.15, -0.1) is 0 Å². The number of esters is 4. The molecule has 0 saturated carbocycles. The highest BCUT2D eigenvalue weighted by atomic mass is 16.6. The van der Waals surface area contributed by atoms with E-state index in [1.54, 1.807) is 30.3 Å². The minimum absolute atomic E-state index is 0.0474. The van der Waals surface area contributed by atoms with E-state index in [-0.39, 0.29) is 35.7 Å². The SMILES string of the molecule is C=C(C)C(=O)OCCOC(=O)c1ccc(-c2ccc(OC(=O)C(=C)C)c(C(=O)OC)c2)cc1. The van der Waals surface area contributed by atoms with Gasteiger partial charge in [0.05, 0.1) is 12.7 Å². The summed E-state index contributed by atoms with van der Waals surface area (Å²) in [6, 6.07) is 11.1. The molecule has 0 unspecified atom stereocenters. The number of benzene rings is 2. The van der Waals surface area contributed by atoms with Crippen LogP contribution in [0.4, 0.5) is 0 Å². The molecule has 172 valence electrons. The Hall–Kier alpha value is -4.20. The predicted molar refractivity (Wildman–Crippen MR) is 120 cm³/mol. The average Bonchev–Trinajstić information content (AvgIpc) is 2.81. The highest BCUT2D eigenvalue weighted by Gasteiger charge is 2.18. The topological polar surface area (TPSA) is 105 Å². The summed E-state index contributed by atoms with van der Waals surface area (Å²) in [5.74, 6) is -2.42. The molecule has 2 rings (SSSR count). The van der Waals surface area contributed by atoms with Crippen LogP contribution in [0.25, 0.3) is 11.1 Å². The van der Waals surface area contributed by atoms with Crippen molar-refractivity contribution in [2.75, 3.05) is 20.3 Å². The van der Waals surface area contributed by atoms with Gasteiger partial charge in [-0.1, -0.05) is 31.4 Å². The zero-order valence-corrected chi connectivity index (χ0v) is 18.6. The van der Waals surface area contributed by atoms with E-state index < -0.39 is 23.9 Å². The van der Waals surface area contributed by atoms with Crippen LogP contribution in [0.1, 0.15) is 34.6 Å². The number of hydrogen-bond acceptors (Lipinski definition) is 8. The van der Waals surface area contributed by atoms with Crippen molar-refractivity contribution in [3.63, 3.8) is 0 Å². The van der Waals surface area contributed by atoms with Crippen molar-refractivity contribution in [2.24, 2.45) is 0 Å². The molecule has 0 bridgehead atoms. The molecule has 0 aliphatic rings. The van der Waals surface area contributed by atoms with Gasteiger partial charge in [-0.2, -0.15) is 0 Å². The van der Waals surface area contributed by atoms with Crippen LogP contribution >= 0.6 is 0 Å². The Morgan fingerprint density at radius 3 is 1.91 bits per heavy atom. The van der Waals surface area contributed by atoms with Gasteiger partial charge < -0.3 is 18.9 Å². The zero-order valence-electron chi connectivity index (χ0n) is 18.6. The molecule has 2 aromatic carbocycles. The van der Waals surface area contributed by atoms with Crippen LogP contribution in [0, 0.1) is 0 Å². The summed E-state index contributed by atoms with van der Waals surface area (Å²) in [6.45, 7) is 9.83. The molecule has 8 nitrogen and oxygen atoms in total. The average molecular weight is 452 g/mol. The second-order valence-electron chi connectivity index (χ2n) is 7.00. The first kappa shape index (κ1) is 25.1. The van der Waals surface area contributed by atoms with Gasteiger partial charge in [0.15, 0.2) is 0 Å². The number of ether oxygens (including phenoxy) is 4. The zero-order chi connectivity index (χ0) is 24.5.